The van der Waals surface area contributed by atoms with E-state index in [1.165, 1.54) is 6.34 Å². The van der Waals surface area contributed by atoms with Crippen molar-refractivity contribution in [1.82, 2.24) is 4.90 Å². The lowest BCUT2D eigenvalue weighted by Gasteiger charge is -2.33. The summed E-state index contributed by atoms with van der Waals surface area (Å²) >= 11 is 0. The highest BCUT2D eigenvalue weighted by molar-refractivity contribution is 5.81. The number of nitrogens with zero attached hydrogens (tertiary/aromatic N) is 1. The van der Waals surface area contributed by atoms with Crippen molar-refractivity contribution in [1.29, 1.82) is 5.41 Å². The van der Waals surface area contributed by atoms with Crippen LogP contribution in [0.3, 0.4) is 0 Å². The summed E-state index contributed by atoms with van der Waals surface area (Å²) in [6, 6.07) is 8.28. The van der Waals surface area contributed by atoms with Crippen LogP contribution in [0.4, 0.5) is 8.78 Å². The Bertz CT molecular complexity index is 677. The van der Waals surface area contributed by atoms with Crippen molar-refractivity contribution in [3.05, 3.63) is 35.9 Å². The van der Waals surface area contributed by atoms with Gasteiger partial charge in [-0.2, -0.15) is 0 Å². The first-order valence-electron chi connectivity index (χ1n) is 9.93. The summed E-state index contributed by atoms with van der Waals surface area (Å²) in [7, 11) is 0. The molecule has 0 bridgehead atoms. The molecule has 1 aliphatic carbocycles. The number of esters is 1. The molecule has 1 aliphatic heterocycles. The van der Waals surface area contributed by atoms with Crippen LogP contribution in [-0.4, -0.2) is 47.9 Å². The van der Waals surface area contributed by atoms with Gasteiger partial charge in [-0.1, -0.05) is 30.3 Å². The number of piperidine rings is 1. The van der Waals surface area contributed by atoms with E-state index in [0.717, 1.165) is 25.9 Å². The molecule has 2 N–H and O–H groups in total. The van der Waals surface area contributed by atoms with Gasteiger partial charge in [-0.15, -0.1) is 0 Å². The number of nitrogens with one attached hydrogen (secondary N) is 1. The maximum atomic E-state index is 13.8. The number of halogens is 2. The van der Waals surface area contributed by atoms with Crippen molar-refractivity contribution in [3.63, 3.8) is 0 Å². The molecule has 0 radical (unpaired) electrons. The summed E-state index contributed by atoms with van der Waals surface area (Å²) in [5.41, 5.74) is -1.74. The lowest BCUT2D eigenvalue weighted by atomic mass is 9.80. The zero-order valence-electron chi connectivity index (χ0n) is 15.9. The van der Waals surface area contributed by atoms with E-state index >= 15 is 0 Å². The van der Waals surface area contributed by atoms with Gasteiger partial charge in [0.25, 0.3) is 0 Å². The van der Waals surface area contributed by atoms with Gasteiger partial charge in [-0.3, -0.25) is 5.41 Å². The fourth-order valence-electron chi connectivity index (χ4n) is 4.32. The van der Waals surface area contributed by atoms with Crippen LogP contribution in [0.1, 0.15) is 44.1 Å². The highest BCUT2D eigenvalue weighted by Crippen LogP contribution is 2.47. The minimum atomic E-state index is -2.86. The van der Waals surface area contributed by atoms with Gasteiger partial charge in [-0.05, 0) is 37.2 Å². The largest absolute Gasteiger partial charge is 0.463 e. The molecule has 0 spiro atoms. The van der Waals surface area contributed by atoms with Gasteiger partial charge in [0.15, 0.2) is 5.60 Å². The molecule has 2 fully saturated rings. The molecule has 154 valence electrons. The topological polar surface area (TPSA) is 73.6 Å². The molecule has 2 atom stereocenters. The average Bonchev–Trinajstić information content (AvgIpc) is 3.08. The fourth-order valence-corrected chi connectivity index (χ4v) is 4.32. The van der Waals surface area contributed by atoms with Crippen LogP contribution in [0, 0.1) is 17.2 Å². The van der Waals surface area contributed by atoms with Crippen LogP contribution in [0.25, 0.3) is 0 Å². The van der Waals surface area contributed by atoms with Gasteiger partial charge in [0.05, 0.1) is 12.9 Å². The fraction of sp³-hybridized carbons (Fsp3) is 0.619. The Hall–Kier alpha value is -2.02. The van der Waals surface area contributed by atoms with Crippen LogP contribution in [0.5, 0.6) is 0 Å². The van der Waals surface area contributed by atoms with E-state index in [1.807, 2.05) is 4.90 Å². The zero-order valence-corrected chi connectivity index (χ0v) is 15.9. The summed E-state index contributed by atoms with van der Waals surface area (Å²) in [6.07, 6.45) is 3.09. The van der Waals surface area contributed by atoms with Crippen molar-refractivity contribution in [2.45, 2.75) is 50.0 Å². The summed E-state index contributed by atoms with van der Waals surface area (Å²) < 4.78 is 33.0. The van der Waals surface area contributed by atoms with Crippen LogP contribution in [0.15, 0.2) is 30.3 Å². The first kappa shape index (κ1) is 20.7. The monoisotopic (exact) mass is 394 g/mol. The molecule has 5 nitrogen and oxygen atoms in total. The molecular weight excluding hydrogens is 366 g/mol. The van der Waals surface area contributed by atoms with Crippen molar-refractivity contribution in [2.75, 3.05) is 19.7 Å². The maximum Gasteiger partial charge on any atom is 0.343 e. The van der Waals surface area contributed by atoms with Crippen LogP contribution < -0.4 is 0 Å². The van der Waals surface area contributed by atoms with Gasteiger partial charge < -0.3 is 14.7 Å². The second-order valence-corrected chi connectivity index (χ2v) is 7.96. The first-order valence-corrected chi connectivity index (χ1v) is 9.93. The smallest absolute Gasteiger partial charge is 0.343 e. The molecule has 1 aromatic carbocycles. The SMILES string of the molecule is N=CN1CCC(CCOC(=O)[C@](O)(c2ccccc2)[C@@H]2CCC(F)(F)C2)CC1. The number of hydrogen-bond acceptors (Lipinski definition) is 4. The molecule has 2 aliphatic rings. The van der Waals surface area contributed by atoms with E-state index in [1.54, 1.807) is 30.3 Å². The normalized spacial score (nSPS) is 24.5. The standard InChI is InChI=1S/C21H28F2N2O3/c22-20(23)10-6-18(14-20)21(27,17-4-2-1-3-5-17)19(26)28-13-9-16-7-11-25(15-24)12-8-16/h1-5,15-16,18,24,27H,6-14H2/t18-,21+/m1/s1. The molecule has 1 heterocycles. The number of benzene rings is 1. The maximum absolute atomic E-state index is 13.8. The summed E-state index contributed by atoms with van der Waals surface area (Å²) in [5.74, 6) is -4.17. The zero-order chi connectivity index (χ0) is 20.2. The molecule has 0 unspecified atom stereocenters. The van der Waals surface area contributed by atoms with E-state index < -0.39 is 29.8 Å². The van der Waals surface area contributed by atoms with E-state index in [9.17, 15) is 18.7 Å². The summed E-state index contributed by atoms with van der Waals surface area (Å²) in [6.45, 7) is 1.78. The number of likely N-dealkylation sites (tertiary alicyclic amines) is 1. The van der Waals surface area contributed by atoms with Crippen molar-refractivity contribution in [3.8, 4) is 0 Å². The van der Waals surface area contributed by atoms with Crippen molar-refractivity contribution >= 4 is 12.3 Å². The molecular formula is C21H28F2N2O3. The minimum Gasteiger partial charge on any atom is -0.463 e. The van der Waals surface area contributed by atoms with Gasteiger partial charge in [0, 0.05) is 31.8 Å². The van der Waals surface area contributed by atoms with Crippen LogP contribution in [0.2, 0.25) is 0 Å². The number of alkyl halides is 2. The third-order valence-corrected chi connectivity index (χ3v) is 6.11. The molecule has 1 saturated carbocycles. The van der Waals surface area contributed by atoms with E-state index in [4.69, 9.17) is 10.1 Å². The third-order valence-electron chi connectivity index (χ3n) is 6.11. The molecule has 1 aromatic rings. The number of carbonyl (C=O) groups excluding carboxylic acids is 1. The Kier molecular flexibility index (Phi) is 6.33. The van der Waals surface area contributed by atoms with Crippen molar-refractivity contribution < 1.29 is 23.4 Å². The number of carbonyl (C=O) groups is 1. The molecule has 1 saturated heterocycles. The predicted octanol–water partition coefficient (Wildman–Crippen LogP) is 3.56. The Balaban J connectivity index is 1.64. The number of ether oxygens (including phenoxy) is 1. The summed E-state index contributed by atoms with van der Waals surface area (Å²) in [5, 5.41) is 18.5. The minimum absolute atomic E-state index is 0.0789. The quantitative estimate of drug-likeness (QED) is 0.421. The van der Waals surface area contributed by atoms with Gasteiger partial charge >= 0.3 is 5.97 Å². The molecule has 0 aromatic heterocycles. The van der Waals surface area contributed by atoms with Gasteiger partial charge in [0.1, 0.15) is 0 Å². The van der Waals surface area contributed by atoms with Crippen LogP contribution in [-0.2, 0) is 15.1 Å². The number of hydrogen-bond donors (Lipinski definition) is 2. The number of aliphatic hydroxyl groups is 1. The highest BCUT2D eigenvalue weighted by Gasteiger charge is 2.54. The lowest BCUT2D eigenvalue weighted by molar-refractivity contribution is -0.175. The third kappa shape index (κ3) is 4.51. The van der Waals surface area contributed by atoms with E-state index in [0.29, 0.717) is 17.9 Å². The predicted molar refractivity (Wildman–Crippen MR) is 101 cm³/mol. The van der Waals surface area contributed by atoms with Gasteiger partial charge in [0.2, 0.25) is 5.92 Å². The molecule has 3 rings (SSSR count). The second-order valence-electron chi connectivity index (χ2n) is 7.96. The lowest BCUT2D eigenvalue weighted by Crippen LogP contribution is -2.44. The Morgan fingerprint density at radius 3 is 2.54 bits per heavy atom. The van der Waals surface area contributed by atoms with Crippen LogP contribution >= 0.6 is 0 Å². The number of rotatable bonds is 7. The first-order chi connectivity index (χ1) is 13.3. The molecule has 28 heavy (non-hydrogen) atoms. The highest BCUT2D eigenvalue weighted by atomic mass is 19.3. The van der Waals surface area contributed by atoms with E-state index in [-0.39, 0.29) is 19.4 Å². The molecule has 7 heteroatoms. The Morgan fingerprint density at radius 1 is 1.29 bits per heavy atom. The van der Waals surface area contributed by atoms with E-state index in [2.05, 4.69) is 0 Å². The molecule has 0 amide bonds. The Morgan fingerprint density at radius 2 is 1.96 bits per heavy atom. The van der Waals surface area contributed by atoms with Crippen molar-refractivity contribution in [2.24, 2.45) is 11.8 Å². The average molecular weight is 394 g/mol. The Labute approximate surface area is 164 Å². The second kappa shape index (κ2) is 8.55. The summed E-state index contributed by atoms with van der Waals surface area (Å²) in [4.78, 5) is 14.8. The van der Waals surface area contributed by atoms with Gasteiger partial charge in [-0.25, -0.2) is 13.6 Å².